The number of fused-ring (bicyclic) bond motifs is 1. The first-order valence-electron chi connectivity index (χ1n) is 6.22. The smallest absolute Gasteiger partial charge is 0.303 e. The van der Waals surface area contributed by atoms with E-state index in [4.69, 9.17) is 5.11 Å². The molecular formula is C14H18O3. The Morgan fingerprint density at radius 1 is 1.18 bits per heavy atom. The SMILES string of the molecule is O=C(O)CCCc1cc2c(cc1O)CCCC2. The largest absolute Gasteiger partial charge is 0.508 e. The maximum atomic E-state index is 10.4. The summed E-state index contributed by atoms with van der Waals surface area (Å²) in [6.45, 7) is 0. The molecule has 0 atom stereocenters. The van der Waals surface area contributed by atoms with Crippen LogP contribution in [0, 0.1) is 0 Å². The van der Waals surface area contributed by atoms with E-state index in [9.17, 15) is 9.90 Å². The fraction of sp³-hybridized carbons (Fsp3) is 0.500. The van der Waals surface area contributed by atoms with Crippen molar-refractivity contribution in [2.24, 2.45) is 0 Å². The number of carboxylic acids is 1. The van der Waals surface area contributed by atoms with Crippen LogP contribution in [-0.4, -0.2) is 16.2 Å². The number of carbonyl (C=O) groups is 1. The fourth-order valence-corrected chi connectivity index (χ4v) is 2.45. The molecule has 0 saturated heterocycles. The molecule has 3 nitrogen and oxygen atoms in total. The van der Waals surface area contributed by atoms with Crippen molar-refractivity contribution in [1.29, 1.82) is 0 Å². The third-order valence-electron chi connectivity index (χ3n) is 3.38. The van der Waals surface area contributed by atoms with E-state index in [0.29, 0.717) is 18.6 Å². The highest BCUT2D eigenvalue weighted by molar-refractivity contribution is 5.66. The molecule has 17 heavy (non-hydrogen) atoms. The Balaban J connectivity index is 2.09. The zero-order valence-electron chi connectivity index (χ0n) is 9.91. The zero-order chi connectivity index (χ0) is 12.3. The topological polar surface area (TPSA) is 57.5 Å². The lowest BCUT2D eigenvalue weighted by Crippen LogP contribution is -2.04. The minimum absolute atomic E-state index is 0.163. The van der Waals surface area contributed by atoms with Gasteiger partial charge >= 0.3 is 5.97 Å². The number of carboxylic acid groups (broad SMARTS) is 1. The molecule has 1 aliphatic rings. The maximum Gasteiger partial charge on any atom is 0.303 e. The van der Waals surface area contributed by atoms with Crippen molar-refractivity contribution in [3.8, 4) is 5.75 Å². The number of hydrogen-bond donors (Lipinski definition) is 2. The first-order chi connectivity index (χ1) is 8.16. The number of phenolic OH excluding ortho intramolecular Hbond substituents is 1. The third-order valence-corrected chi connectivity index (χ3v) is 3.38. The first-order valence-corrected chi connectivity index (χ1v) is 6.22. The van der Waals surface area contributed by atoms with Gasteiger partial charge in [0.05, 0.1) is 0 Å². The number of rotatable bonds is 4. The number of hydrogen-bond acceptors (Lipinski definition) is 2. The summed E-state index contributed by atoms with van der Waals surface area (Å²) in [6, 6.07) is 3.93. The second-order valence-corrected chi connectivity index (χ2v) is 4.70. The number of phenols is 1. The van der Waals surface area contributed by atoms with Crippen molar-refractivity contribution < 1.29 is 15.0 Å². The second kappa shape index (κ2) is 5.21. The van der Waals surface area contributed by atoms with Gasteiger partial charge in [0, 0.05) is 6.42 Å². The molecule has 0 aliphatic heterocycles. The highest BCUT2D eigenvalue weighted by Gasteiger charge is 2.13. The summed E-state index contributed by atoms with van der Waals surface area (Å²) in [4.78, 5) is 10.4. The monoisotopic (exact) mass is 234 g/mol. The van der Waals surface area contributed by atoms with Crippen molar-refractivity contribution in [3.63, 3.8) is 0 Å². The molecule has 0 spiro atoms. The standard InChI is InChI=1S/C14H18O3/c15-13-9-11-5-2-1-4-10(11)8-12(13)6-3-7-14(16)17/h8-9,15H,1-7H2,(H,16,17). The highest BCUT2D eigenvalue weighted by atomic mass is 16.4. The Labute approximate surface area is 101 Å². The minimum atomic E-state index is -0.776. The fourth-order valence-electron chi connectivity index (χ4n) is 2.45. The molecule has 0 bridgehead atoms. The van der Waals surface area contributed by atoms with Gasteiger partial charge in [0.1, 0.15) is 5.75 Å². The molecular weight excluding hydrogens is 216 g/mol. The van der Waals surface area contributed by atoms with Crippen molar-refractivity contribution in [2.75, 3.05) is 0 Å². The Morgan fingerprint density at radius 3 is 2.47 bits per heavy atom. The van der Waals surface area contributed by atoms with Crippen LogP contribution in [0.2, 0.25) is 0 Å². The van der Waals surface area contributed by atoms with Gasteiger partial charge in [0.25, 0.3) is 0 Å². The minimum Gasteiger partial charge on any atom is -0.508 e. The summed E-state index contributed by atoms with van der Waals surface area (Å²) in [6.07, 6.45) is 5.95. The number of aryl methyl sites for hydroxylation is 3. The Hall–Kier alpha value is -1.51. The van der Waals surface area contributed by atoms with E-state index >= 15 is 0 Å². The number of aromatic hydroxyl groups is 1. The lowest BCUT2D eigenvalue weighted by atomic mass is 9.89. The van der Waals surface area contributed by atoms with Gasteiger partial charge in [-0.25, -0.2) is 0 Å². The molecule has 0 saturated carbocycles. The van der Waals surface area contributed by atoms with E-state index in [1.54, 1.807) is 0 Å². The Kier molecular flexibility index (Phi) is 3.67. The first kappa shape index (κ1) is 12.0. The van der Waals surface area contributed by atoms with E-state index in [1.165, 1.54) is 24.0 Å². The molecule has 1 aromatic carbocycles. The van der Waals surface area contributed by atoms with Crippen LogP contribution in [0.3, 0.4) is 0 Å². The van der Waals surface area contributed by atoms with Crippen LogP contribution in [0.15, 0.2) is 12.1 Å². The van der Waals surface area contributed by atoms with E-state index in [-0.39, 0.29) is 6.42 Å². The predicted molar refractivity (Wildman–Crippen MR) is 65.3 cm³/mol. The average molecular weight is 234 g/mol. The van der Waals surface area contributed by atoms with Crippen molar-refractivity contribution in [3.05, 3.63) is 28.8 Å². The molecule has 0 amide bonds. The molecule has 1 aromatic rings. The molecule has 0 radical (unpaired) electrons. The molecule has 0 aromatic heterocycles. The average Bonchev–Trinajstić information content (AvgIpc) is 2.29. The van der Waals surface area contributed by atoms with Crippen molar-refractivity contribution in [2.45, 2.75) is 44.9 Å². The Bertz CT molecular complexity index is 424. The maximum absolute atomic E-state index is 10.4. The number of benzene rings is 1. The van der Waals surface area contributed by atoms with E-state index in [2.05, 4.69) is 6.07 Å². The van der Waals surface area contributed by atoms with Gasteiger partial charge < -0.3 is 10.2 Å². The van der Waals surface area contributed by atoms with Crippen LogP contribution in [0.5, 0.6) is 5.75 Å². The number of aliphatic carboxylic acids is 1. The van der Waals surface area contributed by atoms with E-state index in [1.807, 2.05) is 6.07 Å². The van der Waals surface area contributed by atoms with Crippen LogP contribution < -0.4 is 0 Å². The van der Waals surface area contributed by atoms with Crippen LogP contribution in [-0.2, 0) is 24.1 Å². The van der Waals surface area contributed by atoms with Crippen LogP contribution in [0.25, 0.3) is 0 Å². The summed E-state index contributed by atoms with van der Waals surface area (Å²) in [7, 11) is 0. The predicted octanol–water partition coefficient (Wildman–Crippen LogP) is 2.68. The van der Waals surface area contributed by atoms with Gasteiger partial charge in [-0.05, 0) is 61.3 Å². The van der Waals surface area contributed by atoms with Gasteiger partial charge in [-0.3, -0.25) is 4.79 Å². The van der Waals surface area contributed by atoms with Crippen LogP contribution in [0.4, 0.5) is 0 Å². The molecule has 1 aliphatic carbocycles. The lowest BCUT2D eigenvalue weighted by molar-refractivity contribution is -0.137. The summed E-state index contributed by atoms with van der Waals surface area (Å²) in [5.41, 5.74) is 3.49. The summed E-state index contributed by atoms with van der Waals surface area (Å²) in [5, 5.41) is 18.5. The van der Waals surface area contributed by atoms with E-state index in [0.717, 1.165) is 18.4 Å². The summed E-state index contributed by atoms with van der Waals surface area (Å²) >= 11 is 0. The molecule has 0 heterocycles. The Morgan fingerprint density at radius 2 is 1.82 bits per heavy atom. The lowest BCUT2D eigenvalue weighted by Gasteiger charge is -2.17. The molecule has 92 valence electrons. The van der Waals surface area contributed by atoms with Crippen LogP contribution >= 0.6 is 0 Å². The normalized spacial score (nSPS) is 14.4. The summed E-state index contributed by atoms with van der Waals surface area (Å²) < 4.78 is 0. The second-order valence-electron chi connectivity index (χ2n) is 4.70. The van der Waals surface area contributed by atoms with Crippen molar-refractivity contribution in [1.82, 2.24) is 0 Å². The molecule has 0 unspecified atom stereocenters. The quantitative estimate of drug-likeness (QED) is 0.842. The highest BCUT2D eigenvalue weighted by Crippen LogP contribution is 2.29. The molecule has 3 heteroatoms. The van der Waals surface area contributed by atoms with Gasteiger partial charge in [-0.1, -0.05) is 6.07 Å². The van der Waals surface area contributed by atoms with E-state index < -0.39 is 5.97 Å². The van der Waals surface area contributed by atoms with Gasteiger partial charge in [0.2, 0.25) is 0 Å². The third kappa shape index (κ3) is 2.99. The van der Waals surface area contributed by atoms with Gasteiger partial charge in [0.15, 0.2) is 0 Å². The van der Waals surface area contributed by atoms with Crippen LogP contribution in [0.1, 0.15) is 42.4 Å². The molecule has 0 fully saturated rings. The summed E-state index contributed by atoms with van der Waals surface area (Å²) in [5.74, 6) is -0.446. The van der Waals surface area contributed by atoms with Gasteiger partial charge in [-0.2, -0.15) is 0 Å². The van der Waals surface area contributed by atoms with Crippen molar-refractivity contribution >= 4 is 5.97 Å². The van der Waals surface area contributed by atoms with Gasteiger partial charge in [-0.15, -0.1) is 0 Å². The molecule has 2 rings (SSSR count). The zero-order valence-corrected chi connectivity index (χ0v) is 9.91. The molecule has 2 N–H and O–H groups in total.